The van der Waals surface area contributed by atoms with Gasteiger partial charge in [0, 0.05) is 17.5 Å². The van der Waals surface area contributed by atoms with E-state index in [2.05, 4.69) is 47.5 Å². The monoisotopic (exact) mass is 279 g/mol. The number of pyridine rings is 1. The lowest BCUT2D eigenvalue weighted by Crippen LogP contribution is -1.82. The minimum absolute atomic E-state index is 0.555. The van der Waals surface area contributed by atoms with Gasteiger partial charge in [0.1, 0.15) is 0 Å². The molecule has 0 aliphatic rings. The Morgan fingerprint density at radius 2 is 1.70 bits per heavy atom. The quantitative estimate of drug-likeness (QED) is 0.605. The molecule has 0 saturated carbocycles. The summed E-state index contributed by atoms with van der Waals surface area (Å²) >= 11 is 5.79. The second kappa shape index (κ2) is 5.89. The molecule has 98 valence electrons. The first kappa shape index (κ1) is 12.9. The Labute approximate surface area is 123 Å². The maximum absolute atomic E-state index is 5.79. The zero-order valence-electron chi connectivity index (χ0n) is 11.0. The predicted octanol–water partition coefficient (Wildman–Crippen LogP) is 5.14. The van der Waals surface area contributed by atoms with Crippen LogP contribution in [0.15, 0.2) is 60.8 Å². The number of rotatable bonds is 3. The van der Waals surface area contributed by atoms with E-state index in [-0.39, 0.29) is 0 Å². The lowest BCUT2D eigenvalue weighted by Gasteiger charge is -2.01. The van der Waals surface area contributed by atoms with Crippen molar-refractivity contribution < 1.29 is 0 Å². The van der Waals surface area contributed by atoms with Gasteiger partial charge in [-0.2, -0.15) is 0 Å². The van der Waals surface area contributed by atoms with Crippen molar-refractivity contribution in [2.45, 2.75) is 5.88 Å². The third-order valence-corrected chi connectivity index (χ3v) is 3.58. The second-order valence-electron chi connectivity index (χ2n) is 4.63. The highest BCUT2D eigenvalue weighted by atomic mass is 35.5. The zero-order valence-corrected chi connectivity index (χ0v) is 11.7. The molecular formula is C18H14ClN. The van der Waals surface area contributed by atoms with Gasteiger partial charge in [-0.3, -0.25) is 4.98 Å². The number of fused-ring (bicyclic) bond motifs is 1. The fourth-order valence-electron chi connectivity index (χ4n) is 2.17. The molecule has 0 spiro atoms. The van der Waals surface area contributed by atoms with E-state index in [1.54, 1.807) is 0 Å². The van der Waals surface area contributed by atoms with Gasteiger partial charge in [-0.25, -0.2) is 0 Å². The predicted molar refractivity (Wildman–Crippen MR) is 86.7 cm³/mol. The van der Waals surface area contributed by atoms with Gasteiger partial charge in [-0.15, -0.1) is 11.6 Å². The van der Waals surface area contributed by atoms with Gasteiger partial charge in [0.05, 0.1) is 5.52 Å². The maximum atomic E-state index is 5.79. The van der Waals surface area contributed by atoms with Crippen LogP contribution in [0.5, 0.6) is 0 Å². The number of nitrogens with zero attached hydrogens (tertiary/aromatic N) is 1. The third kappa shape index (κ3) is 2.73. The van der Waals surface area contributed by atoms with E-state index in [4.69, 9.17) is 11.6 Å². The lowest BCUT2D eigenvalue weighted by atomic mass is 10.1. The summed E-state index contributed by atoms with van der Waals surface area (Å²) in [7, 11) is 0. The van der Waals surface area contributed by atoms with Crippen molar-refractivity contribution in [3.63, 3.8) is 0 Å². The van der Waals surface area contributed by atoms with Crippen LogP contribution >= 0.6 is 11.6 Å². The third-order valence-electron chi connectivity index (χ3n) is 3.27. The van der Waals surface area contributed by atoms with E-state index in [1.165, 1.54) is 16.5 Å². The van der Waals surface area contributed by atoms with Crippen LogP contribution in [-0.4, -0.2) is 4.98 Å². The van der Waals surface area contributed by atoms with Crippen LogP contribution in [0.4, 0.5) is 0 Å². The molecule has 2 heteroatoms. The molecule has 0 atom stereocenters. The molecule has 1 heterocycles. The van der Waals surface area contributed by atoms with Gasteiger partial charge < -0.3 is 0 Å². The summed E-state index contributed by atoms with van der Waals surface area (Å²) in [6, 6.07) is 18.5. The first-order chi connectivity index (χ1) is 9.86. The first-order valence-electron chi connectivity index (χ1n) is 6.53. The number of hydrogen-bond acceptors (Lipinski definition) is 1. The average molecular weight is 280 g/mol. The Morgan fingerprint density at radius 1 is 0.900 bits per heavy atom. The Hall–Kier alpha value is -2.12. The summed E-state index contributed by atoms with van der Waals surface area (Å²) < 4.78 is 0. The fourth-order valence-corrected chi connectivity index (χ4v) is 2.35. The molecule has 0 saturated heterocycles. The molecule has 0 radical (unpaired) electrons. The van der Waals surface area contributed by atoms with Crippen LogP contribution in [0.1, 0.15) is 16.7 Å². The number of benzene rings is 2. The molecule has 0 fully saturated rings. The van der Waals surface area contributed by atoms with E-state index in [0.29, 0.717) is 5.88 Å². The van der Waals surface area contributed by atoms with Gasteiger partial charge in [0.2, 0.25) is 0 Å². The van der Waals surface area contributed by atoms with E-state index in [9.17, 15) is 0 Å². The zero-order chi connectivity index (χ0) is 13.8. The maximum Gasteiger partial charge on any atom is 0.0707 e. The van der Waals surface area contributed by atoms with Gasteiger partial charge in [0.25, 0.3) is 0 Å². The highest BCUT2D eigenvalue weighted by Crippen LogP contribution is 2.19. The lowest BCUT2D eigenvalue weighted by molar-refractivity contribution is 1.40. The van der Waals surface area contributed by atoms with Crippen molar-refractivity contribution in [3.8, 4) is 0 Å². The molecule has 3 aromatic rings. The first-order valence-corrected chi connectivity index (χ1v) is 7.07. The van der Waals surface area contributed by atoms with Crippen molar-refractivity contribution in [3.05, 3.63) is 77.5 Å². The van der Waals surface area contributed by atoms with Crippen molar-refractivity contribution >= 4 is 34.7 Å². The molecule has 3 rings (SSSR count). The Morgan fingerprint density at radius 3 is 2.50 bits per heavy atom. The fraction of sp³-hybridized carbons (Fsp3) is 0.0556. The van der Waals surface area contributed by atoms with Crippen LogP contribution in [0, 0.1) is 0 Å². The largest absolute Gasteiger partial charge is 0.256 e. The topological polar surface area (TPSA) is 12.9 Å². The van der Waals surface area contributed by atoms with Crippen LogP contribution < -0.4 is 0 Å². The van der Waals surface area contributed by atoms with Crippen LogP contribution in [0.25, 0.3) is 23.1 Å². The molecule has 0 unspecified atom stereocenters. The van der Waals surface area contributed by atoms with Crippen molar-refractivity contribution in [1.82, 2.24) is 4.98 Å². The van der Waals surface area contributed by atoms with Crippen molar-refractivity contribution in [2.75, 3.05) is 0 Å². The van der Waals surface area contributed by atoms with E-state index in [0.717, 1.165) is 11.1 Å². The minimum Gasteiger partial charge on any atom is -0.256 e. The summed E-state index contributed by atoms with van der Waals surface area (Å²) in [6.07, 6.45) is 6.08. The number of alkyl halides is 1. The van der Waals surface area contributed by atoms with Crippen molar-refractivity contribution in [1.29, 1.82) is 0 Å². The minimum atomic E-state index is 0.555. The number of halogens is 1. The average Bonchev–Trinajstić information content (AvgIpc) is 2.53. The molecule has 0 amide bonds. The standard InChI is InChI=1S/C18H14ClN/c19-13-15-7-5-14(6-8-15)9-10-16-11-12-20-18-4-2-1-3-17(16)18/h1-12H,13H2. The molecule has 0 aliphatic heterocycles. The summed E-state index contributed by atoms with van der Waals surface area (Å²) in [5, 5.41) is 1.17. The summed E-state index contributed by atoms with van der Waals surface area (Å²) in [4.78, 5) is 4.37. The van der Waals surface area contributed by atoms with Crippen molar-refractivity contribution in [2.24, 2.45) is 0 Å². The second-order valence-corrected chi connectivity index (χ2v) is 4.89. The van der Waals surface area contributed by atoms with Gasteiger partial charge in [0.15, 0.2) is 0 Å². The van der Waals surface area contributed by atoms with E-state index < -0.39 is 0 Å². The SMILES string of the molecule is ClCc1ccc(C=Cc2ccnc3ccccc23)cc1. The molecule has 1 nitrogen and oxygen atoms in total. The smallest absolute Gasteiger partial charge is 0.0707 e. The Kier molecular flexibility index (Phi) is 3.80. The van der Waals surface area contributed by atoms with Crippen LogP contribution in [0.2, 0.25) is 0 Å². The Balaban J connectivity index is 1.93. The summed E-state index contributed by atoms with van der Waals surface area (Å²) in [5.74, 6) is 0.555. The Bertz CT molecular complexity index is 739. The summed E-state index contributed by atoms with van der Waals surface area (Å²) in [5.41, 5.74) is 4.50. The van der Waals surface area contributed by atoms with Crippen LogP contribution in [0.3, 0.4) is 0 Å². The molecule has 0 aliphatic carbocycles. The summed E-state index contributed by atoms with van der Waals surface area (Å²) in [6.45, 7) is 0. The van der Waals surface area contributed by atoms with E-state index >= 15 is 0 Å². The molecule has 20 heavy (non-hydrogen) atoms. The molecule has 0 N–H and O–H groups in total. The highest BCUT2D eigenvalue weighted by molar-refractivity contribution is 6.17. The molecule has 2 aromatic carbocycles. The molecule has 1 aromatic heterocycles. The molecular weight excluding hydrogens is 266 g/mol. The molecule has 0 bridgehead atoms. The van der Waals surface area contributed by atoms with Gasteiger partial charge >= 0.3 is 0 Å². The van der Waals surface area contributed by atoms with E-state index in [1.807, 2.05) is 30.5 Å². The highest BCUT2D eigenvalue weighted by Gasteiger charge is 1.97. The number of para-hydroxylation sites is 1. The van der Waals surface area contributed by atoms with Gasteiger partial charge in [-0.1, -0.05) is 54.6 Å². The van der Waals surface area contributed by atoms with Gasteiger partial charge in [-0.05, 0) is 28.8 Å². The normalized spacial score (nSPS) is 11.2. The number of aromatic nitrogens is 1. The van der Waals surface area contributed by atoms with Crippen LogP contribution in [-0.2, 0) is 5.88 Å². The number of hydrogen-bond donors (Lipinski definition) is 0.